The van der Waals surface area contributed by atoms with Crippen LogP contribution in [0.3, 0.4) is 0 Å². The molecular formula is C28H24N4O2S. The zero-order valence-electron chi connectivity index (χ0n) is 19.2. The molecule has 5 rings (SSSR count). The summed E-state index contributed by atoms with van der Waals surface area (Å²) in [4.78, 5) is 9.60. The van der Waals surface area contributed by atoms with Gasteiger partial charge in [0.1, 0.15) is 0 Å². The second-order valence-corrected chi connectivity index (χ2v) is 9.92. The van der Waals surface area contributed by atoms with Crippen LogP contribution in [0.2, 0.25) is 0 Å². The van der Waals surface area contributed by atoms with E-state index in [0.29, 0.717) is 23.7 Å². The summed E-state index contributed by atoms with van der Waals surface area (Å²) >= 11 is 0. The van der Waals surface area contributed by atoms with Crippen molar-refractivity contribution in [2.24, 2.45) is 4.99 Å². The van der Waals surface area contributed by atoms with E-state index in [4.69, 9.17) is 4.98 Å². The average Bonchev–Trinajstić information content (AvgIpc) is 3.21. The number of benzene rings is 4. The van der Waals surface area contributed by atoms with Crippen LogP contribution in [-0.2, 0) is 16.6 Å². The zero-order valence-corrected chi connectivity index (χ0v) is 20.0. The van der Waals surface area contributed by atoms with Gasteiger partial charge in [-0.2, -0.15) is 0 Å². The van der Waals surface area contributed by atoms with Crippen molar-refractivity contribution in [1.29, 1.82) is 0 Å². The van der Waals surface area contributed by atoms with Crippen LogP contribution in [0.5, 0.6) is 0 Å². The normalized spacial score (nSPS) is 11.8. The summed E-state index contributed by atoms with van der Waals surface area (Å²) in [7, 11) is -3.74. The molecule has 0 unspecified atom stereocenters. The number of sulfonamides is 1. The van der Waals surface area contributed by atoms with E-state index in [9.17, 15) is 8.42 Å². The Balaban J connectivity index is 1.49. The molecule has 174 valence electrons. The molecule has 1 heterocycles. The monoisotopic (exact) mass is 480 g/mol. The van der Waals surface area contributed by atoms with Crippen LogP contribution in [-0.4, -0.2) is 24.2 Å². The van der Waals surface area contributed by atoms with E-state index in [-0.39, 0.29) is 4.90 Å². The summed E-state index contributed by atoms with van der Waals surface area (Å²) in [6.45, 7) is 2.54. The van der Waals surface area contributed by atoms with E-state index in [1.165, 1.54) is 0 Å². The van der Waals surface area contributed by atoms with Gasteiger partial charge in [-0.05, 0) is 42.8 Å². The topological polar surface area (TPSA) is 76.3 Å². The van der Waals surface area contributed by atoms with Crippen LogP contribution < -0.4 is 4.72 Å². The van der Waals surface area contributed by atoms with Crippen molar-refractivity contribution in [3.05, 3.63) is 120 Å². The molecule has 1 aromatic heterocycles. The highest BCUT2D eigenvalue weighted by Gasteiger charge is 2.16. The maximum atomic E-state index is 12.9. The van der Waals surface area contributed by atoms with Gasteiger partial charge >= 0.3 is 0 Å². The van der Waals surface area contributed by atoms with Crippen molar-refractivity contribution in [3.63, 3.8) is 0 Å². The first-order chi connectivity index (χ1) is 17.0. The second kappa shape index (κ2) is 9.56. The molecule has 7 heteroatoms. The molecule has 0 aliphatic carbocycles. The van der Waals surface area contributed by atoms with Gasteiger partial charge in [0.2, 0.25) is 5.95 Å². The first-order valence-electron chi connectivity index (χ1n) is 11.2. The van der Waals surface area contributed by atoms with Crippen molar-refractivity contribution in [2.75, 3.05) is 4.72 Å². The number of nitrogens with zero attached hydrogens (tertiary/aromatic N) is 3. The van der Waals surface area contributed by atoms with Crippen molar-refractivity contribution in [1.82, 2.24) is 9.55 Å². The van der Waals surface area contributed by atoms with Crippen LogP contribution in [0.25, 0.3) is 11.0 Å². The molecule has 4 aromatic carbocycles. The highest BCUT2D eigenvalue weighted by molar-refractivity contribution is 7.92. The van der Waals surface area contributed by atoms with Crippen molar-refractivity contribution < 1.29 is 8.42 Å². The fourth-order valence-corrected chi connectivity index (χ4v) is 4.92. The Kier molecular flexibility index (Phi) is 6.16. The molecule has 0 spiro atoms. The smallest absolute Gasteiger partial charge is 0.261 e. The predicted molar refractivity (Wildman–Crippen MR) is 141 cm³/mol. The summed E-state index contributed by atoms with van der Waals surface area (Å²) in [6.07, 6.45) is 1.65. The first kappa shape index (κ1) is 22.6. The molecule has 0 aliphatic heterocycles. The molecule has 0 radical (unpaired) electrons. The molecule has 0 saturated carbocycles. The average molecular weight is 481 g/mol. The quantitative estimate of drug-likeness (QED) is 0.293. The lowest BCUT2D eigenvalue weighted by Crippen LogP contribution is -2.14. The Morgan fingerprint density at radius 1 is 0.857 bits per heavy atom. The van der Waals surface area contributed by atoms with E-state index in [1.807, 2.05) is 61.5 Å². The van der Waals surface area contributed by atoms with Gasteiger partial charge in [-0.3, -0.25) is 4.72 Å². The molecule has 6 nitrogen and oxygen atoms in total. The minimum absolute atomic E-state index is 0.208. The van der Waals surface area contributed by atoms with Crippen LogP contribution >= 0.6 is 0 Å². The summed E-state index contributed by atoms with van der Waals surface area (Å²) in [5, 5.41) is 0. The Morgan fingerprint density at radius 2 is 1.54 bits per heavy atom. The summed E-state index contributed by atoms with van der Waals surface area (Å²) in [6, 6.07) is 32.0. The number of para-hydroxylation sites is 3. The number of nitrogens with one attached hydrogen (secondary N) is 1. The molecule has 0 amide bonds. The van der Waals surface area contributed by atoms with E-state index in [1.54, 1.807) is 42.6 Å². The van der Waals surface area contributed by atoms with Crippen LogP contribution in [0.4, 0.5) is 11.6 Å². The van der Waals surface area contributed by atoms with E-state index >= 15 is 0 Å². The van der Waals surface area contributed by atoms with Crippen LogP contribution in [0.15, 0.2) is 113 Å². The summed E-state index contributed by atoms with van der Waals surface area (Å²) < 4.78 is 30.6. The van der Waals surface area contributed by atoms with Crippen molar-refractivity contribution in [2.45, 2.75) is 18.4 Å². The molecular weight excluding hydrogens is 456 g/mol. The maximum absolute atomic E-state index is 12.9. The number of anilines is 1. The number of rotatable bonds is 7. The van der Waals surface area contributed by atoms with Gasteiger partial charge < -0.3 is 4.57 Å². The number of hydrogen-bond donors (Lipinski definition) is 1. The number of aliphatic imine (C=N–C) groups is 1. The van der Waals surface area contributed by atoms with Gasteiger partial charge in [0.15, 0.2) is 0 Å². The zero-order chi connectivity index (χ0) is 24.3. The Hall–Kier alpha value is -4.23. The number of hydrogen-bond acceptors (Lipinski definition) is 4. The van der Waals surface area contributed by atoms with E-state index in [2.05, 4.69) is 26.4 Å². The van der Waals surface area contributed by atoms with E-state index < -0.39 is 10.0 Å². The van der Waals surface area contributed by atoms with Crippen LogP contribution in [0.1, 0.15) is 16.7 Å². The van der Waals surface area contributed by atoms with Gasteiger partial charge in [0, 0.05) is 11.8 Å². The SMILES string of the molecule is Cc1ccc(S(=O)(=O)Nc2ccccc2/C=N/c2nc3ccccc3n2Cc2ccccc2)cc1. The minimum atomic E-state index is -3.74. The molecule has 35 heavy (non-hydrogen) atoms. The number of fused-ring (bicyclic) bond motifs is 1. The number of aryl methyl sites for hydroxylation is 1. The molecule has 0 atom stereocenters. The summed E-state index contributed by atoms with van der Waals surface area (Å²) in [5.74, 6) is 0.547. The molecule has 0 saturated heterocycles. The lowest BCUT2D eigenvalue weighted by Gasteiger charge is -2.11. The Morgan fingerprint density at radius 3 is 2.34 bits per heavy atom. The third-order valence-corrected chi connectivity index (χ3v) is 7.05. The highest BCUT2D eigenvalue weighted by atomic mass is 32.2. The summed E-state index contributed by atoms with van der Waals surface area (Å²) in [5.41, 5.74) is 5.05. The Labute approximate surface area is 204 Å². The number of aromatic nitrogens is 2. The predicted octanol–water partition coefficient (Wildman–Crippen LogP) is 5.94. The molecule has 0 aliphatic rings. The first-order valence-corrected chi connectivity index (χ1v) is 12.7. The second-order valence-electron chi connectivity index (χ2n) is 8.24. The molecule has 0 fully saturated rings. The van der Waals surface area contributed by atoms with Gasteiger partial charge in [-0.15, -0.1) is 0 Å². The van der Waals surface area contributed by atoms with Gasteiger partial charge in [-0.25, -0.2) is 18.4 Å². The third kappa shape index (κ3) is 5.00. The van der Waals surface area contributed by atoms with Gasteiger partial charge in [0.05, 0.1) is 28.2 Å². The maximum Gasteiger partial charge on any atom is 0.261 e. The van der Waals surface area contributed by atoms with Gasteiger partial charge in [-0.1, -0.05) is 78.4 Å². The highest BCUT2D eigenvalue weighted by Crippen LogP contribution is 2.24. The minimum Gasteiger partial charge on any atom is -0.304 e. The van der Waals surface area contributed by atoms with Crippen molar-refractivity contribution >= 4 is 38.9 Å². The van der Waals surface area contributed by atoms with Gasteiger partial charge in [0.25, 0.3) is 10.0 Å². The largest absolute Gasteiger partial charge is 0.304 e. The lowest BCUT2D eigenvalue weighted by atomic mass is 10.2. The van der Waals surface area contributed by atoms with Crippen molar-refractivity contribution in [3.8, 4) is 0 Å². The van der Waals surface area contributed by atoms with Crippen LogP contribution in [0, 0.1) is 6.92 Å². The molecule has 1 N–H and O–H groups in total. The lowest BCUT2D eigenvalue weighted by molar-refractivity contribution is 0.601. The fourth-order valence-electron chi connectivity index (χ4n) is 3.83. The Bertz CT molecular complexity index is 1610. The third-order valence-electron chi connectivity index (χ3n) is 5.67. The van der Waals surface area contributed by atoms with E-state index in [0.717, 1.165) is 22.2 Å². The fraction of sp³-hybridized carbons (Fsp3) is 0.0714. The molecule has 0 bridgehead atoms. The number of imidazole rings is 1. The molecule has 5 aromatic rings. The standard InChI is InChI=1S/C28H24N4O2S/c1-21-15-17-24(18-16-21)35(33,34)31-25-12-6-5-11-23(25)19-29-28-30-26-13-7-8-14-27(26)32(28)20-22-9-3-2-4-10-22/h2-19,31H,20H2,1H3/b29-19+.